The van der Waals surface area contributed by atoms with Crippen molar-refractivity contribution in [3.63, 3.8) is 0 Å². The summed E-state index contributed by atoms with van der Waals surface area (Å²) >= 11 is 0. The molecule has 80 heavy (non-hydrogen) atoms. The van der Waals surface area contributed by atoms with Gasteiger partial charge in [0, 0.05) is 120 Å². The van der Waals surface area contributed by atoms with E-state index in [0.717, 1.165) is 0 Å². The smallest absolute Gasteiger partial charge is 0.0178 e. The van der Waals surface area contributed by atoms with Crippen molar-refractivity contribution in [1.29, 1.82) is 0 Å². The molecule has 0 fully saturated rings. The second kappa shape index (κ2) is 86.8. The topological polar surface area (TPSA) is 208 Å². The number of benzene rings is 8. The highest BCUT2D eigenvalue weighted by Crippen LogP contribution is 1.99. The van der Waals surface area contributed by atoms with E-state index in [0.29, 0.717) is 52.4 Å². The van der Waals surface area contributed by atoms with Crippen molar-refractivity contribution in [2.75, 3.05) is 0 Å². The van der Waals surface area contributed by atoms with Gasteiger partial charge < -0.3 is 45.9 Å². The Morgan fingerprint density at radius 2 is 0.200 bits per heavy atom. The van der Waals surface area contributed by atoms with Gasteiger partial charge in [0.05, 0.1) is 0 Å². The molecular weight excluding hydrogens is 967 g/mol. The molecule has 0 aromatic heterocycles. The second-order valence-electron chi connectivity index (χ2n) is 13.5. The number of rotatable bonds is 8. The third-order valence-electron chi connectivity index (χ3n) is 8.63. The minimum Gasteiger partial charge on any atom is -0.326 e. The van der Waals surface area contributed by atoms with Crippen molar-refractivity contribution in [2.45, 2.75) is 112 Å². The molecule has 0 saturated heterocycles. The molecule has 24 radical (unpaired) electrons. The van der Waals surface area contributed by atoms with Gasteiger partial charge in [-0.05, 0) is 44.5 Å². The van der Waals surface area contributed by atoms with Crippen LogP contribution in [0.4, 0.5) is 0 Å². The SMILES string of the molecule is C.C.C.C.C.C.C.C.NCc1ccccc1.NCc1ccccc1.NCc1ccccc1.NCc1ccccc1.NCc1ccccc1.NCc1ccccc1.NCc1ccccc1.NCc1ccccc1.[B].[B].[B].[B].[B].[B].[B].[B]. The molecule has 8 aromatic carbocycles. The summed E-state index contributed by atoms with van der Waals surface area (Å²) in [5.41, 5.74) is 52.3. The molecule has 16 heteroatoms. The van der Waals surface area contributed by atoms with Crippen molar-refractivity contribution < 1.29 is 0 Å². The van der Waals surface area contributed by atoms with Crippen LogP contribution in [0, 0.1) is 0 Å². The lowest BCUT2D eigenvalue weighted by Gasteiger charge is -1.90. The highest BCUT2D eigenvalue weighted by atomic mass is 14.5. The number of hydrogen-bond donors (Lipinski definition) is 8. The van der Waals surface area contributed by atoms with Crippen LogP contribution in [-0.4, -0.2) is 67.3 Å². The highest BCUT2D eigenvalue weighted by Gasteiger charge is 1.85. The van der Waals surface area contributed by atoms with Crippen LogP contribution in [0.5, 0.6) is 0 Å². The van der Waals surface area contributed by atoms with Gasteiger partial charge in [0.15, 0.2) is 0 Å². The first-order valence-corrected chi connectivity index (χ1v) is 21.4. The van der Waals surface area contributed by atoms with E-state index in [2.05, 4.69) is 0 Å². The van der Waals surface area contributed by atoms with Crippen LogP contribution in [0.15, 0.2) is 243 Å². The van der Waals surface area contributed by atoms with E-state index in [4.69, 9.17) is 45.9 Å². The second-order valence-corrected chi connectivity index (χ2v) is 13.5. The summed E-state index contributed by atoms with van der Waals surface area (Å²) in [5, 5.41) is 0. The molecule has 0 unspecified atom stereocenters. The van der Waals surface area contributed by atoms with E-state index in [1.165, 1.54) is 44.5 Å². The fraction of sp³-hybridized carbons (Fsp3) is 0.250. The Balaban J connectivity index is -0.0000000406. The summed E-state index contributed by atoms with van der Waals surface area (Å²) in [7, 11) is 0. The zero-order valence-corrected chi connectivity index (χ0v) is 42.0. The van der Waals surface area contributed by atoms with E-state index in [1.54, 1.807) is 0 Å². The van der Waals surface area contributed by atoms with Crippen LogP contribution in [0.25, 0.3) is 0 Å². The Labute approximate surface area is 509 Å². The lowest BCUT2D eigenvalue weighted by atomic mass is 10.2. The zero-order valence-electron chi connectivity index (χ0n) is 42.0. The van der Waals surface area contributed by atoms with Gasteiger partial charge in [0.2, 0.25) is 0 Å². The van der Waals surface area contributed by atoms with Gasteiger partial charge in [-0.3, -0.25) is 0 Å². The largest absolute Gasteiger partial charge is 0.326 e. The van der Waals surface area contributed by atoms with Gasteiger partial charge in [-0.1, -0.05) is 302 Å². The van der Waals surface area contributed by atoms with E-state index in [-0.39, 0.29) is 127 Å². The molecule has 0 atom stereocenters. The Hall–Kier alpha value is -6.04. The highest BCUT2D eigenvalue weighted by molar-refractivity contribution is 5.76. The Kier molecular flexibility index (Phi) is 127. The molecular formula is C64H104B8N8. The van der Waals surface area contributed by atoms with Gasteiger partial charge in [0.1, 0.15) is 0 Å². The fourth-order valence-electron chi connectivity index (χ4n) is 4.91. The molecule has 0 bridgehead atoms. The third kappa shape index (κ3) is 66.2. The first-order valence-electron chi connectivity index (χ1n) is 21.4. The summed E-state index contributed by atoms with van der Waals surface area (Å²) in [4.78, 5) is 0. The van der Waals surface area contributed by atoms with Crippen molar-refractivity contribution in [3.05, 3.63) is 287 Å². The van der Waals surface area contributed by atoms with Gasteiger partial charge in [0.25, 0.3) is 0 Å². The molecule has 8 aromatic rings. The molecule has 0 heterocycles. The standard InChI is InChI=1S/8C7H9N.8CH4.8B/c8*8-6-7-4-2-1-3-5-7;;;;;;;;;;;;;;;;/h8*1-5H,6,8H2;8*1H4;;;;;;;;. The quantitative estimate of drug-likeness (QED) is 0.0685. The molecule has 0 aliphatic heterocycles. The van der Waals surface area contributed by atoms with Gasteiger partial charge in [-0.25, -0.2) is 0 Å². The zero-order chi connectivity index (χ0) is 46.6. The number of hydrogen-bond acceptors (Lipinski definition) is 8. The minimum absolute atomic E-state index is 0. The maximum atomic E-state index is 5.35. The molecule has 16 N–H and O–H groups in total. The minimum atomic E-state index is 0. The summed E-state index contributed by atoms with van der Waals surface area (Å²) < 4.78 is 0. The Morgan fingerprint density at radius 1 is 0.138 bits per heavy atom. The third-order valence-corrected chi connectivity index (χ3v) is 8.63. The summed E-state index contributed by atoms with van der Waals surface area (Å²) in [6.07, 6.45) is 0. The van der Waals surface area contributed by atoms with Gasteiger partial charge >= 0.3 is 0 Å². The maximum absolute atomic E-state index is 5.35. The maximum Gasteiger partial charge on any atom is 0.0178 e. The van der Waals surface area contributed by atoms with Gasteiger partial charge in [-0.2, -0.15) is 0 Å². The molecule has 8 rings (SSSR count). The fourth-order valence-corrected chi connectivity index (χ4v) is 4.91. The molecule has 0 amide bonds. The first kappa shape index (κ1) is 117. The number of nitrogens with two attached hydrogens (primary N) is 8. The van der Waals surface area contributed by atoms with Crippen LogP contribution >= 0.6 is 0 Å². The van der Waals surface area contributed by atoms with E-state index >= 15 is 0 Å². The normalized spacial score (nSPS) is 7.30. The summed E-state index contributed by atoms with van der Waals surface area (Å²) in [5.74, 6) is 0. The molecule has 0 aliphatic rings. The average Bonchev–Trinajstić information content (AvgIpc) is 3.41. The summed E-state index contributed by atoms with van der Waals surface area (Å²) in [6.45, 7) is 5.12. The Bertz CT molecular complexity index is 1680. The molecule has 0 spiro atoms. The molecule has 0 aliphatic carbocycles. The van der Waals surface area contributed by atoms with Gasteiger partial charge in [-0.15, -0.1) is 0 Å². The van der Waals surface area contributed by atoms with Crippen molar-refractivity contribution in [3.8, 4) is 0 Å². The average molecular weight is 1070 g/mol. The van der Waals surface area contributed by atoms with E-state index < -0.39 is 0 Å². The lowest BCUT2D eigenvalue weighted by molar-refractivity contribution is 1.07. The molecule has 8 nitrogen and oxygen atoms in total. The monoisotopic (exact) mass is 1070 g/mol. The van der Waals surface area contributed by atoms with Crippen LogP contribution in [0.2, 0.25) is 0 Å². The van der Waals surface area contributed by atoms with E-state index in [1.807, 2.05) is 243 Å². The van der Waals surface area contributed by atoms with Crippen LogP contribution < -0.4 is 45.9 Å². The molecule has 424 valence electrons. The van der Waals surface area contributed by atoms with Crippen LogP contribution in [-0.2, 0) is 52.4 Å². The first-order chi connectivity index (χ1) is 31.5. The molecule has 0 saturated carbocycles. The van der Waals surface area contributed by atoms with Crippen molar-refractivity contribution in [1.82, 2.24) is 0 Å². The predicted molar refractivity (Wildman–Crippen MR) is 375 cm³/mol. The van der Waals surface area contributed by atoms with E-state index in [9.17, 15) is 0 Å². The predicted octanol–water partition coefficient (Wildman–Crippen LogP) is 11.2. The van der Waals surface area contributed by atoms with Crippen molar-refractivity contribution >= 4 is 67.3 Å². The van der Waals surface area contributed by atoms with Crippen LogP contribution in [0.3, 0.4) is 0 Å². The Morgan fingerprint density at radius 3 is 0.237 bits per heavy atom. The lowest BCUT2D eigenvalue weighted by Crippen LogP contribution is -1.94. The van der Waals surface area contributed by atoms with Crippen molar-refractivity contribution in [2.24, 2.45) is 45.9 Å². The summed E-state index contributed by atoms with van der Waals surface area (Å²) in [6, 6.07) is 79.9. The van der Waals surface area contributed by atoms with Crippen LogP contribution in [0.1, 0.15) is 104 Å².